The lowest BCUT2D eigenvalue weighted by molar-refractivity contribution is -0.161. The van der Waals surface area contributed by atoms with Gasteiger partial charge in [-0.25, -0.2) is 4.57 Å². The summed E-state index contributed by atoms with van der Waals surface area (Å²) in [4.78, 5) is 34.8. The summed E-state index contributed by atoms with van der Waals surface area (Å²) in [6.07, 6.45) is 44.9. The Hall–Kier alpha value is -3.41. The van der Waals surface area contributed by atoms with Crippen LogP contribution in [0.2, 0.25) is 0 Å². The predicted molar refractivity (Wildman–Crippen MR) is 231 cm³/mol. The first-order valence-corrected chi connectivity index (χ1v) is 22.1. The molecule has 0 spiro atoms. The Morgan fingerprint density at radius 2 is 1.16 bits per heavy atom. The highest BCUT2D eigenvalue weighted by molar-refractivity contribution is 7.47. The molecule has 0 aromatic carbocycles. The fourth-order valence-electron chi connectivity index (χ4n) is 4.76. The first-order chi connectivity index (χ1) is 27.6. The molecule has 0 aliphatic rings. The number of phosphoric acid groups is 1. The summed E-state index contributed by atoms with van der Waals surface area (Å²) in [7, 11) is -4.45. The third kappa shape index (κ3) is 39.2. The molecule has 0 bridgehead atoms. The number of ether oxygens (including phenoxy) is 2. The SMILES string of the molecule is CC/C=C\C/C=C\C/C=C\C/C=C\C/C=C\CCCC(=O)O[C@H](COC(=O)CCC[C@@H](O)/C=C/C=C\C/C=C\C=C\[C@@H](O)CCCCC)COP(=O)(O)OCCN. The highest BCUT2D eigenvalue weighted by Gasteiger charge is 2.26. The monoisotopic (exact) mass is 817 g/mol. The lowest BCUT2D eigenvalue weighted by Crippen LogP contribution is -2.29. The Labute approximate surface area is 343 Å². The number of aliphatic hydroxyl groups excluding tert-OH is 2. The molecule has 0 aromatic heterocycles. The molecule has 0 saturated carbocycles. The van der Waals surface area contributed by atoms with Crippen molar-refractivity contribution >= 4 is 19.8 Å². The number of hydrogen-bond donors (Lipinski definition) is 4. The Morgan fingerprint density at radius 1 is 0.632 bits per heavy atom. The lowest BCUT2D eigenvalue weighted by atomic mass is 10.1. The summed E-state index contributed by atoms with van der Waals surface area (Å²) in [5, 5.41) is 20.1. The van der Waals surface area contributed by atoms with Gasteiger partial charge in [0, 0.05) is 19.4 Å². The van der Waals surface area contributed by atoms with E-state index in [0.29, 0.717) is 32.1 Å². The van der Waals surface area contributed by atoms with E-state index in [1.165, 1.54) is 0 Å². The third-order valence-corrected chi connectivity index (χ3v) is 8.84. The molecule has 57 heavy (non-hydrogen) atoms. The van der Waals surface area contributed by atoms with E-state index in [2.05, 4.69) is 62.5 Å². The van der Waals surface area contributed by atoms with Crippen LogP contribution in [0, 0.1) is 0 Å². The van der Waals surface area contributed by atoms with Crippen LogP contribution >= 0.6 is 7.82 Å². The smallest absolute Gasteiger partial charge is 0.462 e. The molecule has 0 aliphatic heterocycles. The summed E-state index contributed by atoms with van der Waals surface area (Å²) in [5.41, 5.74) is 5.32. The molecule has 11 nitrogen and oxygen atoms in total. The second-order valence-corrected chi connectivity index (χ2v) is 14.6. The van der Waals surface area contributed by atoms with E-state index in [9.17, 15) is 29.3 Å². The number of carbonyl (C=O) groups excluding carboxylic acids is 2. The minimum Gasteiger partial charge on any atom is -0.462 e. The van der Waals surface area contributed by atoms with Crippen LogP contribution in [0.5, 0.6) is 0 Å². The number of phosphoric ester groups is 1. The predicted octanol–water partition coefficient (Wildman–Crippen LogP) is 9.54. The van der Waals surface area contributed by atoms with Gasteiger partial charge in [-0.1, -0.05) is 142 Å². The number of nitrogens with two attached hydrogens (primary N) is 1. The molecule has 5 N–H and O–H groups in total. The molecule has 0 heterocycles. The van der Waals surface area contributed by atoms with Gasteiger partial charge in [-0.2, -0.15) is 0 Å². The van der Waals surface area contributed by atoms with Crippen molar-refractivity contribution in [1.82, 2.24) is 0 Å². The van der Waals surface area contributed by atoms with E-state index in [-0.39, 0.29) is 32.6 Å². The quantitative estimate of drug-likeness (QED) is 0.0156. The molecule has 0 saturated heterocycles. The highest BCUT2D eigenvalue weighted by Crippen LogP contribution is 2.43. The summed E-state index contributed by atoms with van der Waals surface area (Å²) < 4.78 is 32.5. The number of carbonyl (C=O) groups is 2. The molecule has 0 aliphatic carbocycles. The van der Waals surface area contributed by atoms with Gasteiger partial charge in [-0.05, 0) is 70.6 Å². The Bertz CT molecular complexity index is 1330. The highest BCUT2D eigenvalue weighted by atomic mass is 31.2. The van der Waals surface area contributed by atoms with Crippen LogP contribution in [0.15, 0.2) is 109 Å². The van der Waals surface area contributed by atoms with Crippen molar-refractivity contribution in [3.8, 4) is 0 Å². The zero-order chi connectivity index (χ0) is 42.1. The maximum absolute atomic E-state index is 12.5. The molecular weight excluding hydrogens is 745 g/mol. The average Bonchev–Trinajstić information content (AvgIpc) is 3.18. The second-order valence-electron chi connectivity index (χ2n) is 13.2. The summed E-state index contributed by atoms with van der Waals surface area (Å²) in [5.74, 6) is -1.14. The Morgan fingerprint density at radius 3 is 1.72 bits per heavy atom. The van der Waals surface area contributed by atoms with Crippen molar-refractivity contribution in [2.75, 3.05) is 26.4 Å². The molecule has 0 amide bonds. The topological polar surface area (TPSA) is 175 Å². The normalized spacial score (nSPS) is 15.5. The average molecular weight is 818 g/mol. The number of allylic oxidation sites excluding steroid dienone is 16. The van der Waals surface area contributed by atoms with Crippen LogP contribution in [0.1, 0.15) is 117 Å². The second kappa shape index (κ2) is 39.4. The minimum atomic E-state index is -4.45. The van der Waals surface area contributed by atoms with Crippen molar-refractivity contribution in [2.45, 2.75) is 135 Å². The standard InChI is InChI=1S/C45H72NO10P/c1-3-5-7-8-9-10-11-12-13-14-15-16-17-18-22-25-29-35-45(50)56-43(40-55-57(51,52)54-38-37-46)39-53-44(49)36-30-34-42(48)33-28-24-21-19-20-23-27-32-41(47)31-26-6-4-2/h5,7,9-10,12-13,15-16,18,20-24,27-28,32-33,41-43,47-48H,3-4,6,8,11,14,17,19,25-26,29-31,34-40,46H2,1-2H3,(H,51,52)/b7-5-,10-9-,13-12-,16-15-,22-18-,23-20-,24-21-,32-27+,33-28+/t41-,42-,43+/m0/s1. The van der Waals surface area contributed by atoms with Crippen LogP contribution in [0.3, 0.4) is 0 Å². The van der Waals surface area contributed by atoms with Crippen molar-refractivity contribution in [3.63, 3.8) is 0 Å². The molecule has 0 aromatic rings. The van der Waals surface area contributed by atoms with Gasteiger partial charge >= 0.3 is 19.8 Å². The van der Waals surface area contributed by atoms with Gasteiger partial charge in [0.1, 0.15) is 6.61 Å². The maximum atomic E-state index is 12.5. The number of esters is 2. The number of aliphatic hydroxyl groups is 2. The molecule has 322 valence electrons. The number of unbranched alkanes of at least 4 members (excludes halogenated alkanes) is 3. The van der Waals surface area contributed by atoms with Gasteiger partial charge < -0.3 is 30.3 Å². The maximum Gasteiger partial charge on any atom is 0.472 e. The Balaban J connectivity index is 4.55. The van der Waals surface area contributed by atoms with E-state index < -0.39 is 44.7 Å². The summed E-state index contributed by atoms with van der Waals surface area (Å²) in [6.45, 7) is 3.15. The van der Waals surface area contributed by atoms with Gasteiger partial charge in [-0.3, -0.25) is 18.6 Å². The van der Waals surface area contributed by atoms with Gasteiger partial charge in [0.15, 0.2) is 6.10 Å². The zero-order valence-corrected chi connectivity index (χ0v) is 35.4. The molecule has 0 radical (unpaired) electrons. The van der Waals surface area contributed by atoms with Crippen LogP contribution < -0.4 is 5.73 Å². The van der Waals surface area contributed by atoms with E-state index in [4.69, 9.17) is 24.3 Å². The lowest BCUT2D eigenvalue weighted by Gasteiger charge is -2.19. The van der Waals surface area contributed by atoms with Crippen molar-refractivity contribution in [2.24, 2.45) is 5.73 Å². The van der Waals surface area contributed by atoms with Crippen molar-refractivity contribution < 1.29 is 47.8 Å². The molecule has 0 rings (SSSR count). The first kappa shape index (κ1) is 53.6. The summed E-state index contributed by atoms with van der Waals surface area (Å²) in [6, 6.07) is 0. The molecule has 1 unspecified atom stereocenters. The van der Waals surface area contributed by atoms with Crippen LogP contribution in [-0.4, -0.2) is 71.7 Å². The minimum absolute atomic E-state index is 0.00501. The first-order valence-electron chi connectivity index (χ1n) is 20.6. The van der Waals surface area contributed by atoms with E-state index >= 15 is 0 Å². The van der Waals surface area contributed by atoms with E-state index in [1.807, 2.05) is 42.5 Å². The molecule has 0 fully saturated rings. The van der Waals surface area contributed by atoms with Gasteiger partial charge in [-0.15, -0.1) is 0 Å². The van der Waals surface area contributed by atoms with E-state index in [1.54, 1.807) is 18.2 Å². The third-order valence-electron chi connectivity index (χ3n) is 7.85. The van der Waals surface area contributed by atoms with Crippen molar-refractivity contribution in [1.29, 1.82) is 0 Å². The van der Waals surface area contributed by atoms with E-state index in [0.717, 1.165) is 57.8 Å². The number of rotatable bonds is 36. The van der Waals surface area contributed by atoms with Crippen LogP contribution in [-0.2, 0) is 32.7 Å². The van der Waals surface area contributed by atoms with Gasteiger partial charge in [0.05, 0.1) is 25.4 Å². The van der Waals surface area contributed by atoms with Crippen LogP contribution in [0.25, 0.3) is 0 Å². The van der Waals surface area contributed by atoms with Gasteiger partial charge in [0.2, 0.25) is 0 Å². The zero-order valence-electron chi connectivity index (χ0n) is 34.5. The fourth-order valence-corrected chi connectivity index (χ4v) is 5.53. The molecular formula is C45H72NO10P. The Kier molecular flexibility index (Phi) is 37.1. The largest absolute Gasteiger partial charge is 0.472 e. The van der Waals surface area contributed by atoms with Crippen molar-refractivity contribution in [3.05, 3.63) is 109 Å². The number of hydrogen-bond acceptors (Lipinski definition) is 10. The van der Waals surface area contributed by atoms with Crippen LogP contribution in [0.4, 0.5) is 0 Å². The van der Waals surface area contributed by atoms with Gasteiger partial charge in [0.25, 0.3) is 0 Å². The molecule has 4 atom stereocenters. The summed E-state index contributed by atoms with van der Waals surface area (Å²) >= 11 is 0. The fraction of sp³-hybridized carbons (Fsp3) is 0.556. The molecule has 12 heteroatoms.